The Balaban J connectivity index is 1.92. The smallest absolute Gasteiger partial charge is 0.0810 e. The molecule has 0 atom stereocenters. The van der Waals surface area contributed by atoms with E-state index in [2.05, 4.69) is 66.7 Å². The Labute approximate surface area is 159 Å². The number of allylic oxidation sites excluding steroid dienone is 1. The van der Waals surface area contributed by atoms with Crippen LogP contribution in [0.15, 0.2) is 48.3 Å². The molecule has 0 radical (unpaired) electrons. The summed E-state index contributed by atoms with van der Waals surface area (Å²) >= 11 is 0. The number of rotatable bonds is 7. The molecule has 0 spiro atoms. The summed E-state index contributed by atoms with van der Waals surface area (Å²) in [4.78, 5) is 4.77. The van der Waals surface area contributed by atoms with Crippen LogP contribution in [0.5, 0.6) is 0 Å². The monoisotopic (exact) mass is 354 g/mol. The maximum absolute atomic E-state index is 8.30. The lowest BCUT2D eigenvalue weighted by Gasteiger charge is -2.40. The van der Waals surface area contributed by atoms with Gasteiger partial charge in [-0.2, -0.15) is 0 Å². The van der Waals surface area contributed by atoms with Crippen molar-refractivity contribution in [2.75, 3.05) is 39.8 Å². The molecule has 142 valence electrons. The van der Waals surface area contributed by atoms with E-state index < -0.39 is 0 Å². The summed E-state index contributed by atoms with van der Waals surface area (Å²) in [6.45, 7) is 17.8. The molecule has 1 aromatic carbocycles. The summed E-state index contributed by atoms with van der Waals surface area (Å²) in [5.41, 5.74) is 5.09. The third-order valence-electron chi connectivity index (χ3n) is 5.25. The SMILES string of the molecule is C=C(C(=N)/C(C)=C\NC)N1CCN(CC(C)(C)c2ccc(C)cc2)CC1. The van der Waals surface area contributed by atoms with Gasteiger partial charge in [0.1, 0.15) is 0 Å². The van der Waals surface area contributed by atoms with Gasteiger partial charge in [-0.05, 0) is 25.0 Å². The lowest BCUT2D eigenvalue weighted by Crippen LogP contribution is -2.50. The highest BCUT2D eigenvalue weighted by molar-refractivity contribution is 6.09. The highest BCUT2D eigenvalue weighted by Gasteiger charge is 2.27. The van der Waals surface area contributed by atoms with Crippen molar-refractivity contribution in [1.82, 2.24) is 15.1 Å². The minimum absolute atomic E-state index is 0.131. The summed E-state index contributed by atoms with van der Waals surface area (Å²) in [5, 5.41) is 11.3. The molecule has 1 fully saturated rings. The van der Waals surface area contributed by atoms with Gasteiger partial charge >= 0.3 is 0 Å². The number of aryl methyl sites for hydroxylation is 1. The Kier molecular flexibility index (Phi) is 6.65. The second-order valence-electron chi connectivity index (χ2n) is 7.95. The van der Waals surface area contributed by atoms with Gasteiger partial charge in [0.15, 0.2) is 0 Å². The van der Waals surface area contributed by atoms with E-state index in [-0.39, 0.29) is 5.41 Å². The van der Waals surface area contributed by atoms with Crippen LogP contribution in [0.4, 0.5) is 0 Å². The molecule has 1 aliphatic heterocycles. The van der Waals surface area contributed by atoms with Gasteiger partial charge in [-0.1, -0.05) is 50.3 Å². The molecule has 1 heterocycles. The van der Waals surface area contributed by atoms with Gasteiger partial charge in [0.2, 0.25) is 0 Å². The highest BCUT2D eigenvalue weighted by atomic mass is 15.3. The van der Waals surface area contributed by atoms with Crippen molar-refractivity contribution >= 4 is 5.71 Å². The third kappa shape index (κ3) is 4.98. The van der Waals surface area contributed by atoms with Crippen LogP contribution in [0, 0.1) is 12.3 Å². The van der Waals surface area contributed by atoms with Crippen LogP contribution in [0.3, 0.4) is 0 Å². The van der Waals surface area contributed by atoms with E-state index in [0.717, 1.165) is 44.0 Å². The summed E-state index contributed by atoms with van der Waals surface area (Å²) in [6.07, 6.45) is 1.86. The van der Waals surface area contributed by atoms with Gasteiger partial charge in [-0.25, -0.2) is 0 Å². The molecule has 0 bridgehead atoms. The van der Waals surface area contributed by atoms with Crippen molar-refractivity contribution in [1.29, 1.82) is 5.41 Å². The van der Waals surface area contributed by atoms with Crippen molar-refractivity contribution in [2.45, 2.75) is 33.1 Å². The number of benzene rings is 1. The van der Waals surface area contributed by atoms with E-state index in [1.165, 1.54) is 11.1 Å². The van der Waals surface area contributed by atoms with Crippen LogP contribution in [-0.2, 0) is 5.41 Å². The molecule has 1 aromatic rings. The molecule has 1 aliphatic rings. The van der Waals surface area contributed by atoms with E-state index in [9.17, 15) is 0 Å². The standard InChI is InChI=1S/C22H34N4/c1-17-7-9-20(10-8-17)22(4,5)16-25-11-13-26(14-12-25)19(3)21(23)18(2)15-24-6/h7-10,15,23-24H,3,11-14,16H2,1-2,4-6H3/b18-15-,23-21?. The van der Waals surface area contributed by atoms with E-state index in [1.54, 1.807) is 0 Å². The van der Waals surface area contributed by atoms with Gasteiger partial charge in [0, 0.05) is 51.4 Å². The summed E-state index contributed by atoms with van der Waals surface area (Å²) < 4.78 is 0. The van der Waals surface area contributed by atoms with E-state index >= 15 is 0 Å². The second kappa shape index (κ2) is 8.54. The fraction of sp³-hybridized carbons (Fsp3) is 0.500. The van der Waals surface area contributed by atoms with Gasteiger partial charge in [0.05, 0.1) is 11.4 Å². The van der Waals surface area contributed by atoms with Gasteiger partial charge in [0.25, 0.3) is 0 Å². The first kappa shape index (κ1) is 20.2. The molecule has 0 saturated carbocycles. The minimum atomic E-state index is 0.131. The minimum Gasteiger partial charge on any atom is -0.394 e. The topological polar surface area (TPSA) is 42.4 Å². The predicted octanol–water partition coefficient (Wildman–Crippen LogP) is 3.55. The molecule has 0 aliphatic carbocycles. The van der Waals surface area contributed by atoms with Crippen LogP contribution in [0.1, 0.15) is 31.9 Å². The van der Waals surface area contributed by atoms with Crippen molar-refractivity contribution in [2.24, 2.45) is 0 Å². The fourth-order valence-corrected chi connectivity index (χ4v) is 3.51. The maximum atomic E-state index is 8.30. The molecule has 0 aromatic heterocycles. The van der Waals surface area contributed by atoms with Crippen LogP contribution < -0.4 is 5.32 Å². The van der Waals surface area contributed by atoms with Crippen LogP contribution >= 0.6 is 0 Å². The Morgan fingerprint density at radius 1 is 1.19 bits per heavy atom. The first-order valence-electron chi connectivity index (χ1n) is 9.41. The van der Waals surface area contributed by atoms with Crippen LogP contribution in [0.2, 0.25) is 0 Å². The first-order valence-corrected chi connectivity index (χ1v) is 9.41. The number of hydrogen-bond acceptors (Lipinski definition) is 4. The number of hydrogen-bond donors (Lipinski definition) is 2. The summed E-state index contributed by atoms with van der Waals surface area (Å²) in [7, 11) is 1.86. The number of nitrogens with one attached hydrogen (secondary N) is 2. The predicted molar refractivity (Wildman–Crippen MR) is 112 cm³/mol. The number of nitrogens with zero attached hydrogens (tertiary/aromatic N) is 2. The highest BCUT2D eigenvalue weighted by Crippen LogP contribution is 2.25. The van der Waals surface area contributed by atoms with Gasteiger partial charge in [-0.15, -0.1) is 0 Å². The molecular weight excluding hydrogens is 320 g/mol. The number of piperazine rings is 1. The average Bonchev–Trinajstić information content (AvgIpc) is 2.61. The van der Waals surface area contributed by atoms with Gasteiger partial charge < -0.3 is 10.2 Å². The molecule has 4 heteroatoms. The zero-order valence-electron chi connectivity index (χ0n) is 17.0. The molecule has 4 nitrogen and oxygen atoms in total. The van der Waals surface area contributed by atoms with E-state index in [1.807, 2.05) is 20.2 Å². The lowest BCUT2D eigenvalue weighted by molar-refractivity contribution is 0.141. The Bertz CT molecular complexity index is 662. The van der Waals surface area contributed by atoms with Crippen molar-refractivity contribution in [3.63, 3.8) is 0 Å². The zero-order chi connectivity index (χ0) is 19.3. The zero-order valence-corrected chi connectivity index (χ0v) is 17.0. The second-order valence-corrected chi connectivity index (χ2v) is 7.95. The largest absolute Gasteiger partial charge is 0.394 e. The summed E-state index contributed by atoms with van der Waals surface area (Å²) in [5.74, 6) is 0. The van der Waals surface area contributed by atoms with E-state index in [4.69, 9.17) is 5.41 Å². The molecule has 2 N–H and O–H groups in total. The van der Waals surface area contributed by atoms with Crippen LogP contribution in [0.25, 0.3) is 0 Å². The average molecular weight is 355 g/mol. The normalized spacial score (nSPS) is 16.5. The quantitative estimate of drug-likeness (QED) is 0.736. The molecule has 0 unspecified atom stereocenters. The molecule has 2 rings (SSSR count). The first-order chi connectivity index (χ1) is 12.2. The Morgan fingerprint density at radius 2 is 1.77 bits per heavy atom. The molecule has 26 heavy (non-hydrogen) atoms. The fourth-order valence-electron chi connectivity index (χ4n) is 3.51. The Morgan fingerprint density at radius 3 is 2.31 bits per heavy atom. The van der Waals surface area contributed by atoms with Crippen molar-refractivity contribution in [3.8, 4) is 0 Å². The lowest BCUT2D eigenvalue weighted by atomic mass is 9.83. The molecular formula is C22H34N4. The van der Waals surface area contributed by atoms with Crippen LogP contribution in [-0.4, -0.2) is 55.3 Å². The third-order valence-corrected chi connectivity index (χ3v) is 5.25. The molecule has 1 saturated heterocycles. The Hall–Kier alpha value is -2.07. The van der Waals surface area contributed by atoms with Crippen molar-refractivity contribution in [3.05, 3.63) is 59.4 Å². The van der Waals surface area contributed by atoms with Crippen molar-refractivity contribution < 1.29 is 0 Å². The molecule has 0 amide bonds. The summed E-state index contributed by atoms with van der Waals surface area (Å²) in [6, 6.07) is 8.91. The van der Waals surface area contributed by atoms with Gasteiger partial charge in [-0.3, -0.25) is 10.3 Å². The maximum Gasteiger partial charge on any atom is 0.0810 e. The van der Waals surface area contributed by atoms with E-state index in [0.29, 0.717) is 5.71 Å².